The zero-order valence-corrected chi connectivity index (χ0v) is 19.4. The minimum atomic E-state index is -1.12. The summed E-state index contributed by atoms with van der Waals surface area (Å²) >= 11 is 16.1. The fraction of sp³-hybridized carbons (Fsp3) is 0.300. The molecule has 0 bridgehead atoms. The number of hydrogen-bond acceptors (Lipinski definition) is 4. The second-order valence-corrected chi connectivity index (χ2v) is 8.27. The lowest BCUT2D eigenvalue weighted by atomic mass is 10.0. The van der Waals surface area contributed by atoms with Crippen molar-refractivity contribution in [2.75, 3.05) is 20.7 Å². The van der Waals surface area contributed by atoms with E-state index in [9.17, 15) is 9.59 Å². The Kier molecular flexibility index (Phi) is 7.80. The number of likely N-dealkylation sites (N-methyl/N-ethyl adjacent to an activating group) is 1. The van der Waals surface area contributed by atoms with E-state index in [0.717, 1.165) is 16.2 Å². The standard InChI is InChI=1S/C20H20BrCl2NO5/c1-10(2)12-7-17(13(21)8-16(12)28-4)29-19-14(22)5-11(6-15(19)23)20(27)24(3)9-18(25)26/h5-8,10H,9H2,1-4H3,(H,25,26). The summed E-state index contributed by atoms with van der Waals surface area (Å²) in [4.78, 5) is 24.2. The molecule has 0 spiro atoms. The normalized spacial score (nSPS) is 10.8. The number of amides is 1. The Morgan fingerprint density at radius 3 is 2.21 bits per heavy atom. The largest absolute Gasteiger partial charge is 0.496 e. The van der Waals surface area contributed by atoms with Crippen LogP contribution in [0.15, 0.2) is 28.7 Å². The fourth-order valence-corrected chi connectivity index (χ4v) is 3.61. The number of methoxy groups -OCH3 is 1. The van der Waals surface area contributed by atoms with Crippen LogP contribution in [0.1, 0.15) is 35.7 Å². The van der Waals surface area contributed by atoms with Crippen LogP contribution in [0.2, 0.25) is 10.0 Å². The number of rotatable bonds is 7. The molecule has 0 aromatic heterocycles. The number of nitrogens with zero attached hydrogens (tertiary/aromatic N) is 1. The monoisotopic (exact) mass is 503 g/mol. The summed E-state index contributed by atoms with van der Waals surface area (Å²) in [6.45, 7) is 3.62. The molecule has 0 heterocycles. The lowest BCUT2D eigenvalue weighted by Gasteiger charge is -2.18. The lowest BCUT2D eigenvalue weighted by Crippen LogP contribution is -2.31. The maximum Gasteiger partial charge on any atom is 0.323 e. The Morgan fingerprint density at radius 1 is 1.14 bits per heavy atom. The van der Waals surface area contributed by atoms with Gasteiger partial charge >= 0.3 is 5.97 Å². The molecule has 2 rings (SSSR count). The Bertz CT molecular complexity index is 926. The Balaban J connectivity index is 2.39. The molecule has 0 aliphatic carbocycles. The van der Waals surface area contributed by atoms with Gasteiger partial charge in [-0.2, -0.15) is 0 Å². The number of benzene rings is 2. The highest BCUT2D eigenvalue weighted by molar-refractivity contribution is 9.10. The van der Waals surface area contributed by atoms with E-state index in [4.69, 9.17) is 37.8 Å². The van der Waals surface area contributed by atoms with Gasteiger partial charge in [-0.3, -0.25) is 9.59 Å². The highest BCUT2D eigenvalue weighted by Crippen LogP contribution is 2.43. The van der Waals surface area contributed by atoms with Crippen LogP contribution in [0.3, 0.4) is 0 Å². The second kappa shape index (κ2) is 9.69. The van der Waals surface area contributed by atoms with E-state index in [1.807, 2.05) is 19.9 Å². The highest BCUT2D eigenvalue weighted by Gasteiger charge is 2.20. The Morgan fingerprint density at radius 2 is 1.72 bits per heavy atom. The van der Waals surface area contributed by atoms with Gasteiger partial charge in [-0.05, 0) is 46.1 Å². The SMILES string of the molecule is COc1cc(Br)c(Oc2c(Cl)cc(C(=O)N(C)CC(=O)O)cc2Cl)cc1C(C)C. The van der Waals surface area contributed by atoms with E-state index < -0.39 is 18.4 Å². The van der Waals surface area contributed by atoms with Crippen molar-refractivity contribution in [1.29, 1.82) is 0 Å². The second-order valence-electron chi connectivity index (χ2n) is 6.61. The minimum absolute atomic E-state index is 0.124. The van der Waals surface area contributed by atoms with Gasteiger partial charge in [0.05, 0.1) is 21.6 Å². The molecule has 0 aliphatic rings. The first-order valence-electron chi connectivity index (χ1n) is 8.56. The van der Waals surface area contributed by atoms with Gasteiger partial charge in [0.25, 0.3) is 5.91 Å². The summed E-state index contributed by atoms with van der Waals surface area (Å²) in [6.07, 6.45) is 0. The van der Waals surface area contributed by atoms with Crippen LogP contribution in [0.25, 0.3) is 0 Å². The summed E-state index contributed by atoms with van der Waals surface area (Å²) in [5.41, 5.74) is 1.10. The van der Waals surface area contributed by atoms with Crippen molar-refractivity contribution in [2.24, 2.45) is 0 Å². The lowest BCUT2D eigenvalue weighted by molar-refractivity contribution is -0.137. The number of carbonyl (C=O) groups excluding carboxylic acids is 1. The van der Waals surface area contributed by atoms with Crippen molar-refractivity contribution >= 4 is 51.0 Å². The van der Waals surface area contributed by atoms with Crippen molar-refractivity contribution in [1.82, 2.24) is 4.90 Å². The van der Waals surface area contributed by atoms with Crippen LogP contribution >= 0.6 is 39.1 Å². The summed E-state index contributed by atoms with van der Waals surface area (Å²) < 4.78 is 12.0. The van der Waals surface area contributed by atoms with E-state index >= 15 is 0 Å². The first-order valence-corrected chi connectivity index (χ1v) is 10.1. The minimum Gasteiger partial charge on any atom is -0.496 e. The third-order valence-corrected chi connectivity index (χ3v) is 5.26. The van der Waals surface area contributed by atoms with Crippen molar-refractivity contribution in [3.8, 4) is 17.2 Å². The molecule has 156 valence electrons. The van der Waals surface area contributed by atoms with Gasteiger partial charge in [-0.1, -0.05) is 37.0 Å². The molecule has 0 saturated heterocycles. The van der Waals surface area contributed by atoms with E-state index in [1.54, 1.807) is 13.2 Å². The quantitative estimate of drug-likeness (QED) is 0.512. The number of aliphatic carboxylic acids is 1. The van der Waals surface area contributed by atoms with Gasteiger partial charge in [-0.15, -0.1) is 0 Å². The van der Waals surface area contributed by atoms with Gasteiger partial charge in [-0.25, -0.2) is 0 Å². The molecule has 1 N–H and O–H groups in total. The maximum absolute atomic E-state index is 12.4. The van der Waals surface area contributed by atoms with Crippen LogP contribution in [0, 0.1) is 0 Å². The van der Waals surface area contributed by atoms with Crippen LogP contribution in [0.5, 0.6) is 17.2 Å². The van der Waals surface area contributed by atoms with Crippen molar-refractivity contribution in [3.63, 3.8) is 0 Å². The van der Waals surface area contributed by atoms with Crippen LogP contribution in [-0.2, 0) is 4.79 Å². The molecular weight excluding hydrogens is 485 g/mol. The molecule has 9 heteroatoms. The highest BCUT2D eigenvalue weighted by atomic mass is 79.9. The molecule has 0 saturated carbocycles. The number of ether oxygens (including phenoxy) is 2. The smallest absolute Gasteiger partial charge is 0.323 e. The maximum atomic E-state index is 12.4. The van der Waals surface area contributed by atoms with Gasteiger partial charge in [0.15, 0.2) is 5.75 Å². The van der Waals surface area contributed by atoms with E-state index in [1.165, 1.54) is 19.2 Å². The third kappa shape index (κ3) is 5.56. The number of halogens is 3. The average Bonchev–Trinajstić information content (AvgIpc) is 2.63. The fourth-order valence-electron chi connectivity index (χ4n) is 2.64. The van der Waals surface area contributed by atoms with Gasteiger partial charge in [0, 0.05) is 18.2 Å². The molecule has 0 radical (unpaired) electrons. The summed E-state index contributed by atoms with van der Waals surface area (Å²) in [6, 6.07) is 6.42. The van der Waals surface area contributed by atoms with Crippen molar-refractivity contribution in [3.05, 3.63) is 49.9 Å². The summed E-state index contributed by atoms with van der Waals surface area (Å²) in [7, 11) is 2.98. The topological polar surface area (TPSA) is 76.1 Å². The molecule has 0 atom stereocenters. The number of carboxylic acids is 1. The molecule has 0 fully saturated rings. The zero-order chi connectivity index (χ0) is 21.9. The Hall–Kier alpha value is -1.96. The van der Waals surface area contributed by atoms with Gasteiger partial charge in [0.2, 0.25) is 0 Å². The average molecular weight is 505 g/mol. The van der Waals surface area contributed by atoms with Crippen LogP contribution in [-0.4, -0.2) is 42.6 Å². The Labute approximate surface area is 187 Å². The van der Waals surface area contributed by atoms with Crippen LogP contribution in [0.4, 0.5) is 0 Å². The van der Waals surface area contributed by atoms with Gasteiger partial charge in [0.1, 0.15) is 18.0 Å². The molecule has 29 heavy (non-hydrogen) atoms. The molecular formula is C20H20BrCl2NO5. The summed E-state index contributed by atoms with van der Waals surface area (Å²) in [5.74, 6) is -0.0551. The molecule has 0 unspecified atom stereocenters. The number of carbonyl (C=O) groups is 2. The molecule has 1 amide bonds. The number of carboxylic acid groups (broad SMARTS) is 1. The molecule has 2 aromatic carbocycles. The molecule has 2 aromatic rings. The predicted octanol–water partition coefficient (Wildman–Crippen LogP) is 5.84. The zero-order valence-electron chi connectivity index (χ0n) is 16.3. The van der Waals surface area contributed by atoms with Gasteiger partial charge < -0.3 is 19.5 Å². The van der Waals surface area contributed by atoms with Crippen molar-refractivity contribution < 1.29 is 24.2 Å². The van der Waals surface area contributed by atoms with E-state index in [2.05, 4.69) is 15.9 Å². The predicted molar refractivity (Wildman–Crippen MR) is 116 cm³/mol. The summed E-state index contributed by atoms with van der Waals surface area (Å²) in [5, 5.41) is 9.09. The molecule has 0 aliphatic heterocycles. The van der Waals surface area contributed by atoms with E-state index in [-0.39, 0.29) is 27.3 Å². The first-order chi connectivity index (χ1) is 13.5. The van der Waals surface area contributed by atoms with Crippen LogP contribution < -0.4 is 9.47 Å². The van der Waals surface area contributed by atoms with E-state index in [0.29, 0.717) is 10.2 Å². The number of hydrogen-bond donors (Lipinski definition) is 1. The third-order valence-electron chi connectivity index (χ3n) is 4.08. The first kappa shape index (κ1) is 23.3. The molecule has 6 nitrogen and oxygen atoms in total. The van der Waals surface area contributed by atoms with Crippen molar-refractivity contribution in [2.45, 2.75) is 19.8 Å².